The quantitative estimate of drug-likeness (QED) is 0.300. The fraction of sp³-hybridized carbons (Fsp3) is 0.947. The van der Waals surface area contributed by atoms with Crippen LogP contribution in [-0.4, -0.2) is 85.9 Å². The second-order valence-electron chi connectivity index (χ2n) is 7.58. The first-order chi connectivity index (χ1) is 11.9. The van der Waals surface area contributed by atoms with Gasteiger partial charge in [0, 0.05) is 50.3 Å². The molecule has 0 aliphatic carbocycles. The lowest BCUT2D eigenvalue weighted by molar-refractivity contribution is -0.0165. The van der Waals surface area contributed by atoms with Gasteiger partial charge in [-0.25, -0.2) is 0 Å². The van der Waals surface area contributed by atoms with Crippen LogP contribution in [-0.2, 0) is 4.74 Å². The molecular formula is C19H42IN5O. The van der Waals surface area contributed by atoms with Crippen LogP contribution in [0.2, 0.25) is 0 Å². The molecule has 0 aromatic heterocycles. The number of hydrogen-bond acceptors (Lipinski definition) is 4. The number of nitrogens with one attached hydrogen (secondary N) is 2. The van der Waals surface area contributed by atoms with Crippen molar-refractivity contribution in [2.24, 2.45) is 4.99 Å². The van der Waals surface area contributed by atoms with Crippen LogP contribution >= 0.6 is 24.0 Å². The highest BCUT2D eigenvalue weighted by Crippen LogP contribution is 2.10. The van der Waals surface area contributed by atoms with Crippen LogP contribution in [0.1, 0.15) is 48.5 Å². The lowest BCUT2D eigenvalue weighted by atomic mass is 10.2. The van der Waals surface area contributed by atoms with Crippen LogP contribution in [0.5, 0.6) is 0 Å². The Hall–Kier alpha value is -0.120. The number of ether oxygens (including phenoxy) is 1. The highest BCUT2D eigenvalue weighted by Gasteiger charge is 2.23. The zero-order chi connectivity index (χ0) is 18.8. The van der Waals surface area contributed by atoms with Crippen LogP contribution in [0.3, 0.4) is 0 Å². The van der Waals surface area contributed by atoms with E-state index in [-0.39, 0.29) is 24.0 Å². The van der Waals surface area contributed by atoms with E-state index in [9.17, 15) is 0 Å². The summed E-state index contributed by atoms with van der Waals surface area (Å²) in [5.74, 6) is 0.919. The minimum absolute atomic E-state index is 0. The Morgan fingerprint density at radius 2 is 1.85 bits per heavy atom. The van der Waals surface area contributed by atoms with Gasteiger partial charge in [0.2, 0.25) is 0 Å². The second kappa shape index (κ2) is 14.0. The molecule has 7 heteroatoms. The van der Waals surface area contributed by atoms with E-state index in [1.165, 1.54) is 0 Å². The highest BCUT2D eigenvalue weighted by molar-refractivity contribution is 14.0. The van der Waals surface area contributed by atoms with Crippen molar-refractivity contribution in [2.45, 2.75) is 72.6 Å². The molecule has 1 aliphatic heterocycles. The zero-order valence-corrected chi connectivity index (χ0v) is 20.2. The zero-order valence-electron chi connectivity index (χ0n) is 17.9. The van der Waals surface area contributed by atoms with Crippen molar-refractivity contribution < 1.29 is 4.74 Å². The Morgan fingerprint density at radius 1 is 1.19 bits per heavy atom. The Bertz CT molecular complexity index is 384. The van der Waals surface area contributed by atoms with Crippen molar-refractivity contribution in [2.75, 3.05) is 45.9 Å². The monoisotopic (exact) mass is 483 g/mol. The summed E-state index contributed by atoms with van der Waals surface area (Å²) in [6, 6.07) is 2.02. The topological polar surface area (TPSA) is 52.1 Å². The van der Waals surface area contributed by atoms with Crippen molar-refractivity contribution in [1.29, 1.82) is 0 Å². The summed E-state index contributed by atoms with van der Waals surface area (Å²) in [5.41, 5.74) is 0. The Labute approximate surface area is 178 Å². The number of morpholine rings is 1. The summed E-state index contributed by atoms with van der Waals surface area (Å²) >= 11 is 0. The lowest BCUT2D eigenvalue weighted by Gasteiger charge is -2.37. The third-order valence-electron chi connectivity index (χ3n) is 4.83. The van der Waals surface area contributed by atoms with Gasteiger partial charge in [-0.3, -0.25) is 14.8 Å². The first-order valence-corrected chi connectivity index (χ1v) is 9.98. The van der Waals surface area contributed by atoms with Crippen LogP contribution in [0, 0.1) is 0 Å². The van der Waals surface area contributed by atoms with E-state index in [0.29, 0.717) is 24.2 Å². The van der Waals surface area contributed by atoms with Gasteiger partial charge < -0.3 is 15.4 Å². The fourth-order valence-electron chi connectivity index (χ4n) is 3.48. The summed E-state index contributed by atoms with van der Waals surface area (Å²) < 4.78 is 5.53. The summed E-state index contributed by atoms with van der Waals surface area (Å²) in [4.78, 5) is 9.79. The highest BCUT2D eigenvalue weighted by atomic mass is 127. The minimum Gasteiger partial charge on any atom is -0.379 e. The average molecular weight is 483 g/mol. The van der Waals surface area contributed by atoms with E-state index in [2.05, 4.69) is 68.9 Å². The molecule has 2 atom stereocenters. The fourth-order valence-corrected chi connectivity index (χ4v) is 3.48. The van der Waals surface area contributed by atoms with Gasteiger partial charge in [-0.2, -0.15) is 0 Å². The van der Waals surface area contributed by atoms with Gasteiger partial charge in [0.05, 0.1) is 19.8 Å². The van der Waals surface area contributed by atoms with Crippen LogP contribution in [0.15, 0.2) is 4.99 Å². The van der Waals surface area contributed by atoms with Gasteiger partial charge >= 0.3 is 0 Å². The number of aliphatic imine (C=N–C) groups is 1. The summed E-state index contributed by atoms with van der Waals surface area (Å²) in [6.45, 7) is 21.9. The smallest absolute Gasteiger partial charge is 0.191 e. The third-order valence-corrected chi connectivity index (χ3v) is 4.83. The Balaban J connectivity index is 0.00000625. The van der Waals surface area contributed by atoms with E-state index < -0.39 is 0 Å². The van der Waals surface area contributed by atoms with Crippen LogP contribution in [0.25, 0.3) is 0 Å². The van der Waals surface area contributed by atoms with Crippen molar-refractivity contribution in [1.82, 2.24) is 20.4 Å². The van der Waals surface area contributed by atoms with E-state index >= 15 is 0 Å². The summed E-state index contributed by atoms with van der Waals surface area (Å²) in [7, 11) is 0. The Kier molecular flexibility index (Phi) is 13.9. The molecule has 6 nitrogen and oxygen atoms in total. The number of hydrogen-bond donors (Lipinski definition) is 2. The van der Waals surface area contributed by atoms with E-state index in [4.69, 9.17) is 9.73 Å². The van der Waals surface area contributed by atoms with Gasteiger partial charge in [0.1, 0.15) is 0 Å². The Morgan fingerprint density at radius 3 is 2.38 bits per heavy atom. The molecule has 26 heavy (non-hydrogen) atoms. The molecule has 2 N–H and O–H groups in total. The number of nitrogens with zero attached hydrogens (tertiary/aromatic N) is 3. The number of rotatable bonds is 9. The van der Waals surface area contributed by atoms with Crippen LogP contribution < -0.4 is 10.6 Å². The molecule has 0 bridgehead atoms. The largest absolute Gasteiger partial charge is 0.379 e. The predicted octanol–water partition coefficient (Wildman–Crippen LogP) is 2.39. The molecule has 0 saturated carbocycles. The maximum absolute atomic E-state index is 5.53. The lowest BCUT2D eigenvalue weighted by Crippen LogP contribution is -2.50. The summed E-state index contributed by atoms with van der Waals surface area (Å²) in [5, 5.41) is 6.85. The summed E-state index contributed by atoms with van der Waals surface area (Å²) in [6.07, 6.45) is 0. The van der Waals surface area contributed by atoms with E-state index in [1.54, 1.807) is 0 Å². The third kappa shape index (κ3) is 9.19. The van der Waals surface area contributed by atoms with E-state index in [0.717, 1.165) is 51.9 Å². The molecule has 0 radical (unpaired) electrons. The molecule has 1 rings (SSSR count). The molecule has 156 valence electrons. The molecule has 0 spiro atoms. The molecule has 0 aromatic rings. The van der Waals surface area contributed by atoms with Gasteiger partial charge in [-0.15, -0.1) is 24.0 Å². The second-order valence-corrected chi connectivity index (χ2v) is 7.58. The normalized spacial score (nSPS) is 20.4. The molecular weight excluding hydrogens is 441 g/mol. The number of guanidine groups is 1. The van der Waals surface area contributed by atoms with Crippen molar-refractivity contribution in [3.05, 3.63) is 0 Å². The van der Waals surface area contributed by atoms with E-state index in [1.807, 2.05) is 0 Å². The number of halogens is 1. The maximum Gasteiger partial charge on any atom is 0.191 e. The van der Waals surface area contributed by atoms with Gasteiger partial charge in [0.25, 0.3) is 0 Å². The van der Waals surface area contributed by atoms with Gasteiger partial charge in [-0.05, 0) is 48.5 Å². The van der Waals surface area contributed by atoms with Gasteiger partial charge in [0.15, 0.2) is 5.96 Å². The van der Waals surface area contributed by atoms with Crippen LogP contribution in [0.4, 0.5) is 0 Å². The predicted molar refractivity (Wildman–Crippen MR) is 123 cm³/mol. The molecule has 1 fully saturated rings. The van der Waals surface area contributed by atoms with Gasteiger partial charge in [-0.1, -0.05) is 0 Å². The minimum atomic E-state index is 0. The van der Waals surface area contributed by atoms with Crippen molar-refractivity contribution in [3.63, 3.8) is 0 Å². The molecule has 1 heterocycles. The average Bonchev–Trinajstić information content (AvgIpc) is 2.55. The molecule has 1 saturated heterocycles. The molecule has 0 amide bonds. The molecule has 1 aliphatic rings. The first kappa shape index (κ1) is 25.9. The van der Waals surface area contributed by atoms with Crippen molar-refractivity contribution >= 4 is 29.9 Å². The molecule has 2 unspecified atom stereocenters. The van der Waals surface area contributed by atoms with Crippen molar-refractivity contribution in [3.8, 4) is 0 Å². The first-order valence-electron chi connectivity index (χ1n) is 9.98. The maximum atomic E-state index is 5.53. The SMILES string of the molecule is CCNC(=NCC(C)N1CCOCC1C)NCCN(C(C)C)C(C)C.I. The standard InChI is InChI=1S/C19H41N5O.HI/c1-8-20-19(21-9-10-23(15(2)3)16(4)5)22-13-17(6)24-11-12-25-14-18(24)7;/h15-18H,8-14H2,1-7H3,(H2,20,21,22);1H. The molecule has 0 aromatic carbocycles.